The van der Waals surface area contributed by atoms with E-state index in [9.17, 15) is 0 Å². The summed E-state index contributed by atoms with van der Waals surface area (Å²) in [4.78, 5) is 2.54. The lowest BCUT2D eigenvalue weighted by Gasteiger charge is -2.32. The fourth-order valence-corrected chi connectivity index (χ4v) is 3.95. The number of fused-ring (bicyclic) bond motifs is 1. The van der Waals surface area contributed by atoms with E-state index in [1.165, 1.54) is 18.4 Å². The first kappa shape index (κ1) is 17.7. The lowest BCUT2D eigenvalue weighted by Crippen LogP contribution is -2.41. The molecule has 1 fully saturated rings. The van der Waals surface area contributed by atoms with Gasteiger partial charge in [0.25, 0.3) is 0 Å². The number of ether oxygens (including phenoxy) is 2. The summed E-state index contributed by atoms with van der Waals surface area (Å²) < 4.78 is 11.2. The SMILES string of the molecule is Clc1cc(CNC2CCN(Cc3ccccc3)CC2)cc2c1OCCO2. The third kappa shape index (κ3) is 4.32. The molecule has 0 aliphatic carbocycles. The van der Waals surface area contributed by atoms with Crippen molar-refractivity contribution in [2.75, 3.05) is 26.3 Å². The van der Waals surface area contributed by atoms with Gasteiger partial charge >= 0.3 is 0 Å². The molecular formula is C21H25ClN2O2. The highest BCUT2D eigenvalue weighted by Crippen LogP contribution is 2.38. The van der Waals surface area contributed by atoms with Gasteiger partial charge in [0.15, 0.2) is 11.5 Å². The zero-order valence-corrected chi connectivity index (χ0v) is 15.7. The minimum absolute atomic E-state index is 0.550. The largest absolute Gasteiger partial charge is 0.486 e. The average molecular weight is 373 g/mol. The van der Waals surface area contributed by atoms with Crippen LogP contribution in [0.2, 0.25) is 5.02 Å². The van der Waals surface area contributed by atoms with Crippen LogP contribution < -0.4 is 14.8 Å². The highest BCUT2D eigenvalue weighted by atomic mass is 35.5. The molecule has 0 atom stereocenters. The van der Waals surface area contributed by atoms with Gasteiger partial charge in [0.2, 0.25) is 0 Å². The number of piperidine rings is 1. The van der Waals surface area contributed by atoms with Crippen LogP contribution >= 0.6 is 11.6 Å². The molecule has 0 bridgehead atoms. The fraction of sp³-hybridized carbons (Fsp3) is 0.429. The Morgan fingerprint density at radius 2 is 1.77 bits per heavy atom. The van der Waals surface area contributed by atoms with Crippen LogP contribution in [0.1, 0.15) is 24.0 Å². The Bertz CT molecular complexity index is 730. The predicted molar refractivity (Wildman–Crippen MR) is 104 cm³/mol. The van der Waals surface area contributed by atoms with Crippen molar-refractivity contribution in [1.29, 1.82) is 0 Å². The summed E-state index contributed by atoms with van der Waals surface area (Å²) in [5.74, 6) is 1.44. The van der Waals surface area contributed by atoms with Crippen molar-refractivity contribution in [3.63, 3.8) is 0 Å². The Labute approximate surface area is 160 Å². The van der Waals surface area contributed by atoms with E-state index in [2.05, 4.69) is 40.5 Å². The Kier molecular flexibility index (Phi) is 5.63. The van der Waals surface area contributed by atoms with Crippen LogP contribution in [0.4, 0.5) is 0 Å². The highest BCUT2D eigenvalue weighted by Gasteiger charge is 2.20. The molecule has 5 heteroatoms. The van der Waals surface area contributed by atoms with Gasteiger partial charge in [-0.3, -0.25) is 4.90 Å². The normalized spacial score (nSPS) is 18.0. The van der Waals surface area contributed by atoms with Gasteiger partial charge in [-0.15, -0.1) is 0 Å². The molecule has 1 N–H and O–H groups in total. The molecule has 0 spiro atoms. The van der Waals surface area contributed by atoms with E-state index in [1.807, 2.05) is 12.1 Å². The number of hydrogen-bond donors (Lipinski definition) is 1. The molecule has 0 aromatic heterocycles. The van der Waals surface area contributed by atoms with E-state index >= 15 is 0 Å². The van der Waals surface area contributed by atoms with Crippen LogP contribution in [0.3, 0.4) is 0 Å². The van der Waals surface area contributed by atoms with Crippen molar-refractivity contribution in [3.8, 4) is 11.5 Å². The minimum atomic E-state index is 0.550. The van der Waals surface area contributed by atoms with Crippen molar-refractivity contribution in [2.45, 2.75) is 32.0 Å². The van der Waals surface area contributed by atoms with Crippen LogP contribution in [-0.4, -0.2) is 37.2 Å². The average Bonchev–Trinajstić information content (AvgIpc) is 2.68. The molecule has 2 aliphatic rings. The van der Waals surface area contributed by atoms with E-state index in [0.29, 0.717) is 30.0 Å². The zero-order chi connectivity index (χ0) is 17.8. The molecule has 2 aliphatic heterocycles. The number of nitrogens with one attached hydrogen (secondary N) is 1. The van der Waals surface area contributed by atoms with Crippen molar-refractivity contribution < 1.29 is 9.47 Å². The third-order valence-corrected chi connectivity index (χ3v) is 5.37. The molecule has 138 valence electrons. The van der Waals surface area contributed by atoms with Gasteiger partial charge in [0.05, 0.1) is 5.02 Å². The number of halogens is 1. The number of rotatable bonds is 5. The summed E-state index contributed by atoms with van der Waals surface area (Å²) in [6.07, 6.45) is 2.34. The van der Waals surface area contributed by atoms with Crippen LogP contribution in [-0.2, 0) is 13.1 Å². The molecule has 0 saturated carbocycles. The number of likely N-dealkylation sites (tertiary alicyclic amines) is 1. The summed E-state index contributed by atoms with van der Waals surface area (Å²) in [6, 6.07) is 15.3. The molecule has 2 heterocycles. The van der Waals surface area contributed by atoms with Gasteiger partial charge < -0.3 is 14.8 Å². The summed E-state index contributed by atoms with van der Waals surface area (Å²) in [5, 5.41) is 4.31. The summed E-state index contributed by atoms with van der Waals surface area (Å²) >= 11 is 6.33. The van der Waals surface area contributed by atoms with Crippen molar-refractivity contribution in [3.05, 3.63) is 58.6 Å². The molecular weight excluding hydrogens is 348 g/mol. The van der Waals surface area contributed by atoms with Crippen LogP contribution in [0, 0.1) is 0 Å². The van der Waals surface area contributed by atoms with Gasteiger partial charge in [-0.25, -0.2) is 0 Å². The van der Waals surface area contributed by atoms with Crippen molar-refractivity contribution in [1.82, 2.24) is 10.2 Å². The van der Waals surface area contributed by atoms with Gasteiger partial charge in [-0.2, -0.15) is 0 Å². The van der Waals surface area contributed by atoms with Gasteiger partial charge in [-0.1, -0.05) is 41.9 Å². The Morgan fingerprint density at radius 1 is 1.00 bits per heavy atom. The molecule has 26 heavy (non-hydrogen) atoms. The second-order valence-corrected chi connectivity index (χ2v) is 7.43. The lowest BCUT2D eigenvalue weighted by molar-refractivity contribution is 0.171. The van der Waals surface area contributed by atoms with E-state index < -0.39 is 0 Å². The summed E-state index contributed by atoms with van der Waals surface area (Å²) in [5.41, 5.74) is 2.54. The summed E-state index contributed by atoms with van der Waals surface area (Å²) in [7, 11) is 0. The van der Waals surface area contributed by atoms with Crippen LogP contribution in [0.25, 0.3) is 0 Å². The summed E-state index contributed by atoms with van der Waals surface area (Å²) in [6.45, 7) is 5.26. The second-order valence-electron chi connectivity index (χ2n) is 7.02. The van der Waals surface area contributed by atoms with E-state index in [-0.39, 0.29) is 0 Å². The fourth-order valence-electron chi connectivity index (χ4n) is 3.67. The first-order valence-electron chi connectivity index (χ1n) is 9.35. The van der Waals surface area contributed by atoms with E-state index in [1.54, 1.807) is 0 Å². The maximum atomic E-state index is 6.33. The molecule has 1 saturated heterocycles. The maximum Gasteiger partial charge on any atom is 0.179 e. The molecule has 2 aromatic rings. The molecule has 0 unspecified atom stereocenters. The number of benzene rings is 2. The topological polar surface area (TPSA) is 33.7 Å². The number of hydrogen-bond acceptors (Lipinski definition) is 4. The van der Waals surface area contributed by atoms with Gasteiger partial charge in [0.1, 0.15) is 13.2 Å². The Morgan fingerprint density at radius 3 is 2.58 bits per heavy atom. The second kappa shape index (κ2) is 8.30. The first-order chi connectivity index (χ1) is 12.8. The smallest absolute Gasteiger partial charge is 0.179 e. The molecule has 2 aromatic carbocycles. The third-order valence-electron chi connectivity index (χ3n) is 5.09. The van der Waals surface area contributed by atoms with Gasteiger partial charge in [-0.05, 0) is 49.2 Å². The lowest BCUT2D eigenvalue weighted by atomic mass is 10.0. The molecule has 0 radical (unpaired) electrons. The van der Waals surface area contributed by atoms with Gasteiger partial charge in [0, 0.05) is 19.1 Å². The van der Waals surface area contributed by atoms with Crippen molar-refractivity contribution in [2.24, 2.45) is 0 Å². The standard InChI is InChI=1S/C21H25ClN2O2/c22-19-12-17(13-20-21(19)26-11-10-25-20)14-23-18-6-8-24(9-7-18)15-16-4-2-1-3-5-16/h1-5,12-13,18,23H,6-11,14-15H2. The van der Waals surface area contributed by atoms with Crippen LogP contribution in [0.15, 0.2) is 42.5 Å². The Balaban J connectivity index is 1.27. The Hall–Kier alpha value is -1.75. The zero-order valence-electron chi connectivity index (χ0n) is 14.9. The highest BCUT2D eigenvalue weighted by molar-refractivity contribution is 6.32. The predicted octanol–water partition coefficient (Wildman–Crippen LogP) is 3.87. The minimum Gasteiger partial charge on any atom is -0.486 e. The monoisotopic (exact) mass is 372 g/mol. The van der Waals surface area contributed by atoms with E-state index in [4.69, 9.17) is 21.1 Å². The van der Waals surface area contributed by atoms with Crippen LogP contribution in [0.5, 0.6) is 11.5 Å². The van der Waals surface area contributed by atoms with E-state index in [0.717, 1.165) is 37.5 Å². The molecule has 4 rings (SSSR count). The maximum absolute atomic E-state index is 6.33. The van der Waals surface area contributed by atoms with Crippen molar-refractivity contribution >= 4 is 11.6 Å². The number of nitrogens with zero attached hydrogens (tertiary/aromatic N) is 1. The first-order valence-corrected chi connectivity index (χ1v) is 9.73. The quantitative estimate of drug-likeness (QED) is 0.864. The molecule has 0 amide bonds. The molecule has 4 nitrogen and oxygen atoms in total.